The second-order valence-corrected chi connectivity index (χ2v) is 76.9. The number of alkyl halides is 1. The number of hydrogen-bond donors (Lipinski definition) is 4. The third-order valence-electron chi connectivity index (χ3n) is 21.4. The van der Waals surface area contributed by atoms with Crippen LogP contribution >= 0.6 is 202 Å². The summed E-state index contributed by atoms with van der Waals surface area (Å²) < 4.78 is 60.2. The van der Waals surface area contributed by atoms with Gasteiger partial charge in [0.25, 0.3) is 9.05 Å². The number of ether oxygens (including phenoxy) is 2. The fraction of sp³-hybridized carbons (Fsp3) is 0.387. The fourth-order valence-electron chi connectivity index (χ4n) is 14.8. The first-order chi connectivity index (χ1) is 64.3. The minimum Gasteiger partial charge on any atom is 0 e. The van der Waals surface area contributed by atoms with Crippen molar-refractivity contribution in [3.63, 3.8) is 0 Å². The molecule has 4 N–H and O–H groups in total. The Labute approximate surface area is 930 Å². The molecule has 8 amide bonds. The first-order valence-corrected chi connectivity index (χ1v) is 64.9. The number of hydrogen-bond acceptors (Lipinski definition) is 19. The van der Waals surface area contributed by atoms with Crippen LogP contribution in [0.25, 0.3) is 0 Å². The van der Waals surface area contributed by atoms with E-state index in [0.29, 0.717) is 122 Å². The molecule has 46 heteroatoms. The summed E-state index contributed by atoms with van der Waals surface area (Å²) in [6.07, 6.45) is 2.58. The van der Waals surface area contributed by atoms with E-state index in [-0.39, 0.29) is 127 Å². The van der Waals surface area contributed by atoms with E-state index in [9.17, 15) is 45.6 Å². The van der Waals surface area contributed by atoms with Crippen LogP contribution in [0.1, 0.15) is 83.7 Å². The van der Waals surface area contributed by atoms with E-state index >= 15 is 0 Å². The van der Waals surface area contributed by atoms with Crippen molar-refractivity contribution in [1.29, 1.82) is 0 Å². The Kier molecular flexibility index (Phi) is 58.6. The molecular weight excluding hydrogens is 2610 g/mol. The molecule has 139 heavy (non-hydrogen) atoms. The molecule has 8 aromatic carbocycles. The number of fused-ring (bicyclic) bond motifs is 4. The van der Waals surface area contributed by atoms with E-state index in [4.69, 9.17) is 132 Å². The van der Waals surface area contributed by atoms with Gasteiger partial charge in [-0.1, -0.05) is 237 Å². The van der Waals surface area contributed by atoms with Crippen LogP contribution in [-0.4, -0.2) is 213 Å². The molecule has 8 heterocycles. The zero-order valence-electron chi connectivity index (χ0n) is 76.1. The molecule has 8 aromatic rings. The van der Waals surface area contributed by atoms with Gasteiger partial charge in [0.1, 0.15) is 11.2 Å². The molecule has 8 aliphatic heterocycles. The van der Waals surface area contributed by atoms with Gasteiger partial charge in [-0.05, 0) is 178 Å². The number of halogens is 14. The van der Waals surface area contributed by atoms with Crippen LogP contribution in [0.3, 0.4) is 0 Å². The monoisotopic (exact) mass is 2720 g/mol. The van der Waals surface area contributed by atoms with Crippen molar-refractivity contribution in [2.24, 2.45) is 28.7 Å². The van der Waals surface area contributed by atoms with E-state index < -0.39 is 24.7 Å². The summed E-state index contributed by atoms with van der Waals surface area (Å²) in [6.45, 7) is 23.2. The SMILES string of the molecule is C.CC(C)(C)OC(=O)N1CC2CN(C(=O)NCc3ccc(Cl)cc3Cl)CC21.CC(C)(C)OC(=O)N1CC2CNCC21.CCc1ccc(Br)cc1.CI.O=C(NCc1ccc(Cl)cc1Cl)N1CC2CN(S(=O)(=O)c3ccccc3)C2C1.O=C(NCc1ccc(Cl)cc1Cl)N1CC2CN(c3ccccc3)C2C1.O=C=NCc1ccc(Cl)cc1Cl.O=C=O.O=C=O.O=S(=O)(Cl)c1ccccc1.[CH3-].[I][V]([I])[I].[V]. The number of isocyanates is 1. The Morgan fingerprint density at radius 2 is 0.820 bits per heavy atom. The van der Waals surface area contributed by atoms with Gasteiger partial charge < -0.3 is 67.6 Å². The number of aliphatic imine (C=N–C) groups is 1. The van der Waals surface area contributed by atoms with Crippen molar-refractivity contribution in [1.82, 2.24) is 50.1 Å². The summed E-state index contributed by atoms with van der Waals surface area (Å²) in [6, 6.07) is 55.9. The van der Waals surface area contributed by atoms with E-state index in [1.54, 1.807) is 130 Å². The summed E-state index contributed by atoms with van der Waals surface area (Å²) >= 11 is 60.4. The first-order valence-electron chi connectivity index (χ1n) is 41.7. The van der Waals surface area contributed by atoms with Gasteiger partial charge in [-0.2, -0.15) is 23.5 Å². The number of anilines is 1. The van der Waals surface area contributed by atoms with Gasteiger partial charge >= 0.3 is 107 Å². The van der Waals surface area contributed by atoms with Gasteiger partial charge in [-0.25, -0.2) is 50.6 Å². The van der Waals surface area contributed by atoms with Gasteiger partial charge in [0.15, 0.2) is 0 Å². The first kappa shape index (κ1) is 128. The van der Waals surface area contributed by atoms with Crippen molar-refractivity contribution >= 4 is 275 Å². The topological polar surface area (TPSA) is 341 Å². The Morgan fingerprint density at radius 1 is 0.475 bits per heavy atom. The quantitative estimate of drug-likeness (QED) is 0.0208. The zero-order valence-corrected chi connectivity index (χ0v) is 97.6. The number of aryl methyl sites for hydroxylation is 1. The molecule has 28 nitrogen and oxygen atoms in total. The Bertz CT molecular complexity index is 5620. The maximum Gasteiger partial charge on any atom is 0 e. The van der Waals surface area contributed by atoms with Crippen LogP contribution < -0.4 is 26.2 Å². The summed E-state index contributed by atoms with van der Waals surface area (Å²) in [5.41, 5.74) is 4.94. The molecule has 8 fully saturated rings. The average Bonchev–Trinajstić information content (AvgIpc) is 1.62. The van der Waals surface area contributed by atoms with E-state index in [1.807, 2.05) is 68.4 Å². The minimum absolute atomic E-state index is 0. The Hall–Kier alpha value is -4.95. The minimum atomic E-state index is -3.53. The summed E-state index contributed by atoms with van der Waals surface area (Å²) in [4.78, 5) is 120. The average molecular weight is 2720 g/mol. The normalized spacial score (nSPS) is 18.2. The summed E-state index contributed by atoms with van der Waals surface area (Å²) in [5.74, 6) is 1.70. The Morgan fingerprint density at radius 3 is 1.18 bits per heavy atom. The maximum absolute atomic E-state index is 12.8. The number of carbonyl (C=O) groups is 5. The molecular formula is C93H108BrCl9I4N12O16S2V2-. The second-order valence-electron chi connectivity index (χ2n) is 32.7. The molecule has 8 unspecified atom stereocenters. The van der Waals surface area contributed by atoms with Crippen LogP contribution in [0.15, 0.2) is 207 Å². The van der Waals surface area contributed by atoms with Gasteiger partial charge in [0.2, 0.25) is 16.1 Å². The molecule has 757 valence electrons. The van der Waals surface area contributed by atoms with Crippen LogP contribution in [0.5, 0.6) is 0 Å². The molecule has 0 aromatic heterocycles. The van der Waals surface area contributed by atoms with Crippen LogP contribution in [0.2, 0.25) is 40.2 Å². The number of nitrogens with zero attached hydrogens (tertiary/aromatic N) is 8. The molecule has 0 spiro atoms. The number of sulfonamides is 1. The van der Waals surface area contributed by atoms with Crippen molar-refractivity contribution in [2.75, 3.05) is 88.4 Å². The standard InChI is InChI=1S/C19H19Cl2N3O3S.C19H19Cl2N3O.C18H23Cl2N3O3.C10H18N2O2.C8H9Br.C8H5Cl2NO.C6H5ClO2S.CH3I.2CO2.CH4.CH3.3HI.2V/c20-15-7-6-13(17(21)8-15)9-22-19(25)23-10-14-11-24(18(14)12-23)28(26,27)16-4-2-1-3-5-16;20-15-7-6-13(17(21)8-15)9-22-19(25)23-10-14-11-24(18(14)12-23)16-4-2-1-3-5-16;1-18(2,3)26-17(25)23-9-12-8-22(10-15(12)23)16(24)21-7-11-4-5-13(19)6-14(11)20;1-10(2,3)14-9(13)12-6-7-4-11-5-8(7)12;1-2-7-3-5-8(9)6-4-7;9-7-2-1-6(4-11-5-12)8(10)3-7;7-10(8,9)6-4-2-1-3-5-6;1-2;2*2-1-3;;;;;;;/h1-8,14,18H,9-12H2,(H,22,25);1-8,14,18H,9-12H2,(H,22,25);4-6,12,15H,7-10H2,1-3H3,(H,21,24);7-8,11H,4-6H2,1-3H3;3-6H,2H2,1H3;1-3H,4H2;1-5H;1H3;;;1H4;1H3;3*1H;;/q;;;;;;;;;;;-1;;;;;+3/p-3. The van der Waals surface area contributed by atoms with E-state index in [1.165, 1.54) is 33.8 Å². The van der Waals surface area contributed by atoms with Crippen molar-refractivity contribution in [3.05, 3.63) is 268 Å². The second kappa shape index (κ2) is 63.6. The molecule has 8 aliphatic rings. The Balaban J connectivity index is 0.000000420. The van der Waals surface area contributed by atoms with E-state index in [2.05, 4.69) is 185 Å². The zero-order chi connectivity index (χ0) is 101. The predicted octanol–water partition coefficient (Wildman–Crippen LogP) is 22.9. The van der Waals surface area contributed by atoms with E-state index in [0.717, 1.165) is 72.4 Å². The largest absolute Gasteiger partial charge is 0 e. The van der Waals surface area contributed by atoms with Crippen LogP contribution in [-0.2, 0) is 109 Å². The van der Waals surface area contributed by atoms with Gasteiger partial charge in [0.05, 0.1) is 34.5 Å². The molecule has 0 aliphatic carbocycles. The number of nitrogens with one attached hydrogen (secondary N) is 4. The van der Waals surface area contributed by atoms with Crippen LogP contribution in [0, 0.1) is 31.1 Å². The molecule has 16 rings (SSSR count). The molecule has 8 saturated heterocycles. The fourth-order valence-corrected chi connectivity index (χ4v) is 19.5. The smallest absolute Gasteiger partial charge is 0 e. The summed E-state index contributed by atoms with van der Waals surface area (Å²) in [7, 11) is -2.03. The molecule has 8 atom stereocenters. The van der Waals surface area contributed by atoms with Crippen LogP contribution in [0.4, 0.5) is 29.7 Å². The third-order valence-corrected chi connectivity index (χ3v) is 27.5. The number of carbonyl (C=O) groups excluding carboxylic acids is 10. The summed E-state index contributed by atoms with van der Waals surface area (Å²) in [5, 5.41) is 16.3. The number of para-hydroxylation sites is 1. The van der Waals surface area contributed by atoms with Gasteiger partial charge in [0, 0.05) is 207 Å². The van der Waals surface area contributed by atoms with Gasteiger partial charge in [-0.3, -0.25) is 0 Å². The number of benzene rings is 8. The van der Waals surface area contributed by atoms with Crippen molar-refractivity contribution in [3.8, 4) is 0 Å². The number of amides is 8. The number of urea groups is 3. The number of likely N-dealkylation sites (tertiary alicyclic amines) is 5. The molecule has 0 saturated carbocycles. The molecule has 1 radical (unpaired) electrons. The maximum atomic E-state index is 12.8. The van der Waals surface area contributed by atoms with Crippen molar-refractivity contribution < 1.29 is 97.7 Å². The van der Waals surface area contributed by atoms with Gasteiger partial charge in [-0.15, -0.1) is 0 Å². The molecule has 0 bridgehead atoms. The van der Waals surface area contributed by atoms with Crippen molar-refractivity contribution in [2.45, 2.75) is 134 Å². The number of rotatable bonds is 13. The third kappa shape index (κ3) is 42.4. The predicted molar refractivity (Wildman–Crippen MR) is 579 cm³/mol.